The summed E-state index contributed by atoms with van der Waals surface area (Å²) in [6.45, 7) is 2.96. The molecule has 0 atom stereocenters. The summed E-state index contributed by atoms with van der Waals surface area (Å²) < 4.78 is 25.8. The number of allylic oxidation sites excluding steroid dienone is 2. The molecule has 0 radical (unpaired) electrons. The zero-order chi connectivity index (χ0) is 23.1. The third kappa shape index (κ3) is 4.83. The van der Waals surface area contributed by atoms with Crippen LogP contribution in [0.3, 0.4) is 0 Å². The molecule has 0 amide bonds. The van der Waals surface area contributed by atoms with Crippen molar-refractivity contribution in [1.29, 1.82) is 0 Å². The number of nitrogens with zero attached hydrogens (tertiary/aromatic N) is 5. The topological polar surface area (TPSA) is 84.8 Å². The largest absolute Gasteiger partial charge is 0.497 e. The van der Waals surface area contributed by atoms with Crippen molar-refractivity contribution in [2.45, 2.75) is 6.92 Å². The van der Waals surface area contributed by atoms with E-state index >= 15 is 4.39 Å². The minimum absolute atomic E-state index is 0.0910. The van der Waals surface area contributed by atoms with E-state index in [1.807, 2.05) is 26.1 Å². The Labute approximate surface area is 186 Å². The van der Waals surface area contributed by atoms with E-state index in [0.717, 1.165) is 5.57 Å². The molecule has 2 heterocycles. The first-order valence-corrected chi connectivity index (χ1v) is 10.1. The number of hydrogen-bond donors (Lipinski definition) is 1. The molecule has 0 saturated carbocycles. The second-order valence-electron chi connectivity index (χ2n) is 6.82. The molecule has 0 aliphatic carbocycles. The number of ether oxygens (including phenoxy) is 2. The first-order valence-electron chi connectivity index (χ1n) is 10.1. The fourth-order valence-corrected chi connectivity index (χ4v) is 3.21. The van der Waals surface area contributed by atoms with E-state index in [1.165, 1.54) is 20.3 Å². The van der Waals surface area contributed by atoms with Gasteiger partial charge in [0.05, 0.1) is 31.8 Å². The van der Waals surface area contributed by atoms with Crippen molar-refractivity contribution in [3.05, 3.63) is 48.0 Å². The summed E-state index contributed by atoms with van der Waals surface area (Å²) in [6.07, 6.45) is 5.31. The van der Waals surface area contributed by atoms with Crippen molar-refractivity contribution in [2.24, 2.45) is 4.99 Å². The van der Waals surface area contributed by atoms with E-state index in [0.29, 0.717) is 47.2 Å². The minimum Gasteiger partial charge on any atom is -0.497 e. The Hall–Kier alpha value is -3.59. The summed E-state index contributed by atoms with van der Waals surface area (Å²) in [6, 6.07) is 6.74. The van der Waals surface area contributed by atoms with Crippen molar-refractivity contribution in [1.82, 2.24) is 20.3 Å². The Morgan fingerprint density at radius 2 is 2.03 bits per heavy atom. The molecule has 1 N–H and O–H groups in total. The summed E-state index contributed by atoms with van der Waals surface area (Å²) in [5.74, 6) is 0.599. The number of fused-ring (bicyclic) bond motifs is 1. The van der Waals surface area contributed by atoms with Crippen LogP contribution in [0.4, 0.5) is 15.9 Å². The summed E-state index contributed by atoms with van der Waals surface area (Å²) in [7, 11) is 6.48. The van der Waals surface area contributed by atoms with Crippen molar-refractivity contribution in [3.63, 3.8) is 0 Å². The molecule has 0 unspecified atom stereocenters. The maximum atomic E-state index is 15.2. The Kier molecular flexibility index (Phi) is 7.67. The van der Waals surface area contributed by atoms with Gasteiger partial charge in [0, 0.05) is 44.1 Å². The van der Waals surface area contributed by atoms with Crippen LogP contribution in [0.25, 0.3) is 16.7 Å². The van der Waals surface area contributed by atoms with Gasteiger partial charge < -0.3 is 19.7 Å². The van der Waals surface area contributed by atoms with Crippen LogP contribution in [-0.2, 0) is 0 Å². The first-order chi connectivity index (χ1) is 15.6. The molecule has 1 aromatic carbocycles. The highest BCUT2D eigenvalue weighted by molar-refractivity contribution is 6.09. The summed E-state index contributed by atoms with van der Waals surface area (Å²) >= 11 is 0. The van der Waals surface area contributed by atoms with Crippen LogP contribution in [0.5, 0.6) is 11.5 Å². The lowest BCUT2D eigenvalue weighted by atomic mass is 10.2. The van der Waals surface area contributed by atoms with Gasteiger partial charge in [-0.15, -0.1) is 0 Å². The maximum absolute atomic E-state index is 15.2. The molecule has 3 rings (SSSR count). The third-order valence-corrected chi connectivity index (χ3v) is 4.87. The summed E-state index contributed by atoms with van der Waals surface area (Å²) in [5.41, 5.74) is 2.88. The van der Waals surface area contributed by atoms with Gasteiger partial charge in [0.1, 0.15) is 17.1 Å². The molecule has 32 heavy (non-hydrogen) atoms. The van der Waals surface area contributed by atoms with Gasteiger partial charge in [0.25, 0.3) is 0 Å². The molecule has 2 aromatic heterocycles. The number of likely N-dealkylation sites (N-methyl/N-ethyl adjacent to an activating group) is 1. The Morgan fingerprint density at radius 1 is 1.22 bits per heavy atom. The molecule has 0 aliphatic heterocycles. The van der Waals surface area contributed by atoms with Gasteiger partial charge in [-0.1, -0.05) is 6.08 Å². The lowest BCUT2D eigenvalue weighted by molar-refractivity contribution is 0.374. The van der Waals surface area contributed by atoms with Crippen LogP contribution in [0.2, 0.25) is 0 Å². The van der Waals surface area contributed by atoms with E-state index < -0.39 is 5.82 Å². The monoisotopic (exact) mass is 438 g/mol. The molecule has 8 nitrogen and oxygen atoms in total. The number of halogens is 1. The molecule has 0 aliphatic rings. The van der Waals surface area contributed by atoms with Gasteiger partial charge in [-0.2, -0.15) is 0 Å². The SMILES string of the molecule is C/C=C(\C=N/C)c1cnc2ccc(N(CCNC)c3cc(OC)cc(OC)c3F)nc2n1. The van der Waals surface area contributed by atoms with Crippen LogP contribution < -0.4 is 19.7 Å². The van der Waals surface area contributed by atoms with Crippen molar-refractivity contribution >= 4 is 34.5 Å². The van der Waals surface area contributed by atoms with Crippen LogP contribution in [0, 0.1) is 5.82 Å². The molecule has 168 valence electrons. The normalized spacial score (nSPS) is 11.9. The summed E-state index contributed by atoms with van der Waals surface area (Å²) in [4.78, 5) is 19.6. The molecule has 9 heteroatoms. The van der Waals surface area contributed by atoms with Crippen molar-refractivity contribution < 1.29 is 13.9 Å². The van der Waals surface area contributed by atoms with Crippen LogP contribution >= 0.6 is 0 Å². The number of rotatable bonds is 9. The highest BCUT2D eigenvalue weighted by Gasteiger charge is 2.21. The quantitative estimate of drug-likeness (QED) is 0.511. The van der Waals surface area contributed by atoms with Gasteiger partial charge in [-0.3, -0.25) is 9.98 Å². The van der Waals surface area contributed by atoms with Crippen molar-refractivity contribution in [3.8, 4) is 11.5 Å². The molecule has 0 saturated heterocycles. The number of nitrogens with one attached hydrogen (secondary N) is 1. The number of pyridine rings is 1. The average molecular weight is 439 g/mol. The smallest absolute Gasteiger partial charge is 0.188 e. The van der Waals surface area contributed by atoms with Gasteiger partial charge in [-0.05, 0) is 26.1 Å². The lowest BCUT2D eigenvalue weighted by Gasteiger charge is -2.25. The summed E-state index contributed by atoms with van der Waals surface area (Å²) in [5, 5.41) is 3.09. The van der Waals surface area contributed by atoms with Crippen LogP contribution in [0.15, 0.2) is 41.5 Å². The standard InChI is InChI=1S/C23H27FN6O2/c1-6-15(13-26-3)18-14-27-17-7-8-21(29-23(17)28-18)30(10-9-25-2)19-11-16(31-4)12-20(32-5)22(19)24/h6-8,11-14,25H,9-10H2,1-5H3/b15-6+,26-13-. The van der Waals surface area contributed by atoms with E-state index in [-0.39, 0.29) is 5.75 Å². The van der Waals surface area contributed by atoms with Crippen LogP contribution in [-0.4, -0.2) is 62.6 Å². The first kappa shape index (κ1) is 23.1. The fourth-order valence-electron chi connectivity index (χ4n) is 3.21. The van der Waals surface area contributed by atoms with Gasteiger partial charge in [0.15, 0.2) is 17.2 Å². The van der Waals surface area contributed by atoms with E-state index in [4.69, 9.17) is 14.5 Å². The molecule has 0 spiro atoms. The number of aromatic nitrogens is 3. The van der Waals surface area contributed by atoms with E-state index in [1.54, 1.807) is 36.5 Å². The highest BCUT2D eigenvalue weighted by Crippen LogP contribution is 2.36. The minimum atomic E-state index is -0.499. The molecule has 0 fully saturated rings. The fraction of sp³-hybridized carbons (Fsp3) is 0.304. The van der Waals surface area contributed by atoms with Crippen LogP contribution in [0.1, 0.15) is 12.6 Å². The Balaban J connectivity index is 2.15. The molecule has 0 bridgehead atoms. The highest BCUT2D eigenvalue weighted by atomic mass is 19.1. The van der Waals surface area contributed by atoms with Gasteiger partial charge in [0.2, 0.25) is 0 Å². The van der Waals surface area contributed by atoms with Gasteiger partial charge in [-0.25, -0.2) is 14.4 Å². The number of aliphatic imine (C=N–C) groups is 1. The zero-order valence-electron chi connectivity index (χ0n) is 18.9. The third-order valence-electron chi connectivity index (χ3n) is 4.87. The molecular formula is C23H27FN6O2. The predicted octanol–water partition coefficient (Wildman–Crippen LogP) is 3.64. The van der Waals surface area contributed by atoms with E-state index in [2.05, 4.69) is 20.3 Å². The zero-order valence-corrected chi connectivity index (χ0v) is 18.9. The number of anilines is 2. The predicted molar refractivity (Wildman–Crippen MR) is 126 cm³/mol. The number of methoxy groups -OCH3 is 2. The maximum Gasteiger partial charge on any atom is 0.188 e. The molecular weight excluding hydrogens is 411 g/mol. The lowest BCUT2D eigenvalue weighted by Crippen LogP contribution is -2.28. The van der Waals surface area contributed by atoms with Gasteiger partial charge >= 0.3 is 0 Å². The Bertz CT molecular complexity index is 1150. The van der Waals surface area contributed by atoms with Crippen molar-refractivity contribution in [2.75, 3.05) is 46.3 Å². The molecule has 3 aromatic rings. The average Bonchev–Trinajstić information content (AvgIpc) is 2.83. The number of benzene rings is 1. The second-order valence-corrected chi connectivity index (χ2v) is 6.82. The second kappa shape index (κ2) is 10.6. The number of hydrogen-bond acceptors (Lipinski definition) is 8. The van der Waals surface area contributed by atoms with E-state index in [9.17, 15) is 0 Å². The Morgan fingerprint density at radius 3 is 2.69 bits per heavy atom.